The molecule has 1 aromatic carbocycles. The van der Waals surface area contributed by atoms with Crippen molar-refractivity contribution < 1.29 is 19.4 Å². The van der Waals surface area contributed by atoms with Crippen molar-refractivity contribution in [2.75, 3.05) is 6.61 Å². The monoisotopic (exact) mass is 354 g/mol. The maximum Gasteiger partial charge on any atom is 0.205 e. The summed E-state index contributed by atoms with van der Waals surface area (Å²) in [5.41, 5.74) is 7.10. The van der Waals surface area contributed by atoms with Crippen molar-refractivity contribution in [3.63, 3.8) is 0 Å². The summed E-state index contributed by atoms with van der Waals surface area (Å²) in [5, 5.41) is 19.6. The van der Waals surface area contributed by atoms with E-state index in [1.807, 2.05) is 20.8 Å². The van der Waals surface area contributed by atoms with E-state index >= 15 is 0 Å². The second-order valence-electron chi connectivity index (χ2n) is 7.36. The summed E-state index contributed by atoms with van der Waals surface area (Å²) in [6, 6.07) is 6.91. The van der Waals surface area contributed by atoms with E-state index in [0.29, 0.717) is 42.1 Å². The second kappa shape index (κ2) is 6.41. The summed E-state index contributed by atoms with van der Waals surface area (Å²) < 4.78 is 11.1. The Kier molecular flexibility index (Phi) is 4.41. The van der Waals surface area contributed by atoms with Crippen LogP contribution in [0.2, 0.25) is 0 Å². The number of hydrogen-bond acceptors (Lipinski definition) is 6. The molecular weight excluding hydrogens is 332 g/mol. The van der Waals surface area contributed by atoms with Crippen molar-refractivity contribution in [1.82, 2.24) is 0 Å². The van der Waals surface area contributed by atoms with Crippen LogP contribution in [0.15, 0.2) is 41.0 Å². The number of carbonyl (C=O) groups is 1. The minimum Gasteiger partial charge on any atom is -0.504 e. The number of benzene rings is 1. The molecule has 6 heteroatoms. The number of ether oxygens (including phenoxy) is 2. The first kappa shape index (κ1) is 17.9. The molecule has 0 radical (unpaired) electrons. The van der Waals surface area contributed by atoms with E-state index in [1.54, 1.807) is 12.1 Å². The zero-order valence-electron chi connectivity index (χ0n) is 15.1. The number of aromatic hydroxyl groups is 1. The van der Waals surface area contributed by atoms with Crippen LogP contribution in [0.3, 0.4) is 0 Å². The van der Waals surface area contributed by atoms with E-state index in [9.17, 15) is 15.2 Å². The molecule has 0 fully saturated rings. The Morgan fingerprint density at radius 2 is 2.15 bits per heavy atom. The fourth-order valence-electron chi connectivity index (χ4n) is 3.60. The number of phenolic OH excluding ortho intramolecular Hbond substituents is 1. The molecule has 0 bridgehead atoms. The predicted octanol–water partition coefficient (Wildman–Crippen LogP) is 3.24. The van der Waals surface area contributed by atoms with Crippen LogP contribution in [0.4, 0.5) is 0 Å². The van der Waals surface area contributed by atoms with Gasteiger partial charge in [-0.3, -0.25) is 4.79 Å². The molecule has 3 N–H and O–H groups in total. The summed E-state index contributed by atoms with van der Waals surface area (Å²) in [4.78, 5) is 12.9. The first-order valence-electron chi connectivity index (χ1n) is 8.57. The van der Waals surface area contributed by atoms with E-state index in [1.165, 1.54) is 6.07 Å². The van der Waals surface area contributed by atoms with E-state index in [4.69, 9.17) is 15.2 Å². The number of carbonyl (C=O) groups excluding carboxylic acids is 1. The van der Waals surface area contributed by atoms with Crippen molar-refractivity contribution in [2.45, 2.75) is 39.5 Å². The molecular formula is C20H22N2O4. The van der Waals surface area contributed by atoms with Gasteiger partial charge in [-0.1, -0.05) is 19.9 Å². The Labute approximate surface area is 152 Å². The molecule has 1 atom stereocenters. The van der Waals surface area contributed by atoms with Crippen LogP contribution in [0.1, 0.15) is 45.1 Å². The van der Waals surface area contributed by atoms with Gasteiger partial charge in [-0.15, -0.1) is 0 Å². The normalized spacial score (nSPS) is 21.8. The van der Waals surface area contributed by atoms with Crippen LogP contribution in [0.5, 0.6) is 11.5 Å². The quantitative estimate of drug-likeness (QED) is 0.863. The first-order chi connectivity index (χ1) is 12.3. The highest BCUT2D eigenvalue weighted by Crippen LogP contribution is 2.48. The molecule has 1 aliphatic carbocycles. The first-order valence-corrected chi connectivity index (χ1v) is 8.57. The van der Waals surface area contributed by atoms with Crippen LogP contribution < -0.4 is 10.5 Å². The van der Waals surface area contributed by atoms with Crippen molar-refractivity contribution in [2.24, 2.45) is 11.1 Å². The van der Waals surface area contributed by atoms with Crippen LogP contribution in [0.25, 0.3) is 0 Å². The fourth-order valence-corrected chi connectivity index (χ4v) is 3.60. The molecule has 1 heterocycles. The highest BCUT2D eigenvalue weighted by atomic mass is 16.5. The van der Waals surface area contributed by atoms with Gasteiger partial charge in [-0.25, -0.2) is 0 Å². The predicted molar refractivity (Wildman–Crippen MR) is 95.0 cm³/mol. The van der Waals surface area contributed by atoms with Gasteiger partial charge in [0.1, 0.15) is 17.4 Å². The Balaban J connectivity index is 2.17. The van der Waals surface area contributed by atoms with Crippen molar-refractivity contribution >= 4 is 5.78 Å². The second-order valence-corrected chi connectivity index (χ2v) is 7.36. The smallest absolute Gasteiger partial charge is 0.205 e. The lowest BCUT2D eigenvalue weighted by Gasteiger charge is -2.37. The Bertz CT molecular complexity index is 874. The van der Waals surface area contributed by atoms with Crippen LogP contribution in [-0.2, 0) is 9.53 Å². The Morgan fingerprint density at radius 1 is 1.42 bits per heavy atom. The number of nitriles is 1. The maximum atomic E-state index is 12.9. The lowest BCUT2D eigenvalue weighted by Crippen LogP contribution is -2.33. The molecule has 6 nitrogen and oxygen atoms in total. The van der Waals surface area contributed by atoms with E-state index in [0.717, 1.165) is 0 Å². The van der Waals surface area contributed by atoms with Gasteiger partial charge in [0, 0.05) is 18.4 Å². The standard InChI is InChI=1S/C20H22N2O4/c1-4-25-15-7-11(5-6-13(15)23)17-12(10-21)19(22)26-16-9-20(2,3)8-14(24)18(16)17/h5-7,17,23H,4,8-9,22H2,1-3H3/t17-/m1/s1. The number of rotatable bonds is 3. The molecule has 0 unspecified atom stereocenters. The van der Waals surface area contributed by atoms with Gasteiger partial charge in [0.25, 0.3) is 0 Å². The molecule has 136 valence electrons. The number of phenols is 1. The third-order valence-electron chi connectivity index (χ3n) is 4.69. The zero-order valence-corrected chi connectivity index (χ0v) is 15.1. The molecule has 0 saturated carbocycles. The third kappa shape index (κ3) is 3.01. The summed E-state index contributed by atoms with van der Waals surface area (Å²) in [6.07, 6.45) is 0.946. The lowest BCUT2D eigenvalue weighted by atomic mass is 9.70. The Hall–Kier alpha value is -2.94. The maximum absolute atomic E-state index is 12.9. The van der Waals surface area contributed by atoms with Gasteiger partial charge in [-0.05, 0) is 30.0 Å². The van der Waals surface area contributed by atoms with Gasteiger partial charge >= 0.3 is 0 Å². The average molecular weight is 354 g/mol. The van der Waals surface area contributed by atoms with Crippen molar-refractivity contribution in [3.05, 3.63) is 46.6 Å². The summed E-state index contributed by atoms with van der Waals surface area (Å²) in [6.45, 7) is 6.20. The SMILES string of the molecule is CCOc1cc([C@@H]2C(C#N)=C(N)OC3=C2C(=O)CC(C)(C)C3)ccc1O. The molecule has 26 heavy (non-hydrogen) atoms. The van der Waals surface area contributed by atoms with Crippen LogP contribution in [-0.4, -0.2) is 17.5 Å². The van der Waals surface area contributed by atoms with Gasteiger partial charge < -0.3 is 20.3 Å². The lowest BCUT2D eigenvalue weighted by molar-refractivity contribution is -0.119. The molecule has 0 saturated heterocycles. The van der Waals surface area contributed by atoms with E-state index < -0.39 is 5.92 Å². The minimum atomic E-state index is -0.618. The summed E-state index contributed by atoms with van der Waals surface area (Å²) >= 11 is 0. The van der Waals surface area contributed by atoms with Gasteiger partial charge in [0.05, 0.1) is 12.5 Å². The number of nitrogens with zero attached hydrogens (tertiary/aromatic N) is 1. The fraction of sp³-hybridized carbons (Fsp3) is 0.400. The highest BCUT2D eigenvalue weighted by molar-refractivity contribution is 6.00. The Morgan fingerprint density at radius 3 is 2.81 bits per heavy atom. The topological polar surface area (TPSA) is 106 Å². The number of ketones is 1. The number of Topliss-reactive ketones (excluding diaryl/α,β-unsaturated/α-hetero) is 1. The van der Waals surface area contributed by atoms with Crippen LogP contribution >= 0.6 is 0 Å². The summed E-state index contributed by atoms with van der Waals surface area (Å²) in [5.74, 6) is 0.188. The number of hydrogen-bond donors (Lipinski definition) is 2. The molecule has 2 aliphatic rings. The summed E-state index contributed by atoms with van der Waals surface area (Å²) in [7, 11) is 0. The van der Waals surface area contributed by atoms with Crippen molar-refractivity contribution in [3.8, 4) is 17.6 Å². The van der Waals surface area contributed by atoms with Gasteiger partial charge in [0.15, 0.2) is 17.3 Å². The highest BCUT2D eigenvalue weighted by Gasteiger charge is 2.43. The zero-order chi connectivity index (χ0) is 19.1. The van der Waals surface area contributed by atoms with E-state index in [2.05, 4.69) is 6.07 Å². The van der Waals surface area contributed by atoms with Gasteiger partial charge in [0.2, 0.25) is 5.88 Å². The molecule has 3 rings (SSSR count). The molecule has 0 amide bonds. The largest absolute Gasteiger partial charge is 0.504 e. The number of nitrogens with two attached hydrogens (primary N) is 1. The number of allylic oxidation sites excluding steroid dienone is 3. The minimum absolute atomic E-state index is 0.00317. The third-order valence-corrected chi connectivity index (χ3v) is 4.69. The molecule has 0 aromatic heterocycles. The van der Waals surface area contributed by atoms with Gasteiger partial charge in [-0.2, -0.15) is 5.26 Å². The molecule has 1 aliphatic heterocycles. The molecule has 1 aromatic rings. The van der Waals surface area contributed by atoms with Crippen molar-refractivity contribution in [1.29, 1.82) is 5.26 Å². The van der Waals surface area contributed by atoms with Crippen LogP contribution in [0, 0.1) is 16.7 Å². The average Bonchev–Trinajstić information content (AvgIpc) is 2.54. The van der Waals surface area contributed by atoms with E-state index in [-0.39, 0.29) is 28.4 Å². The molecule has 0 spiro atoms.